The molecule has 0 bridgehead atoms. The number of carboxylic acid groups (broad SMARTS) is 1. The van der Waals surface area contributed by atoms with Gasteiger partial charge in [0.05, 0.1) is 24.0 Å². The molecule has 0 aliphatic rings. The molecule has 0 unspecified atom stereocenters. The molecule has 0 aliphatic heterocycles. The summed E-state index contributed by atoms with van der Waals surface area (Å²) < 4.78 is 29.8. The minimum Gasteiger partial charge on any atom is -0.490 e. The lowest BCUT2D eigenvalue weighted by Gasteiger charge is -2.09. The van der Waals surface area contributed by atoms with Gasteiger partial charge in [0.25, 0.3) is 6.43 Å². The quantitative estimate of drug-likeness (QED) is 0.638. The highest BCUT2D eigenvalue weighted by Gasteiger charge is 2.30. The average molecular weight is 262 g/mol. The zero-order valence-electron chi connectivity index (χ0n) is 9.09. The molecule has 1 rings (SSSR count). The molecule has 1 N–H and O–H groups in total. The smallest absolute Gasteiger partial charge is 0.333 e. The van der Waals surface area contributed by atoms with Crippen LogP contribution in [0.1, 0.15) is 17.7 Å². The zero-order valence-corrected chi connectivity index (χ0v) is 9.09. The lowest BCUT2D eigenvalue weighted by atomic mass is 10.1. The topological polar surface area (TPSA) is 103 Å². The third-order valence-corrected chi connectivity index (χ3v) is 2.05. The van der Waals surface area contributed by atoms with Crippen molar-refractivity contribution >= 4 is 11.7 Å². The minimum absolute atomic E-state index is 0.436. The molecule has 0 atom stereocenters. The van der Waals surface area contributed by atoms with Gasteiger partial charge in [0.2, 0.25) is 5.75 Å². The molecule has 0 radical (unpaired) electrons. The highest BCUT2D eigenvalue weighted by Crippen LogP contribution is 2.38. The van der Waals surface area contributed by atoms with E-state index in [0.29, 0.717) is 6.20 Å². The number of hydrogen-bond acceptors (Lipinski definition) is 5. The molecule has 0 aromatic carbocycles. The summed E-state index contributed by atoms with van der Waals surface area (Å²) in [6.45, 7) is 0. The summed E-state index contributed by atoms with van der Waals surface area (Å²) in [4.78, 5) is 23.7. The molecule has 18 heavy (non-hydrogen) atoms. The summed E-state index contributed by atoms with van der Waals surface area (Å²) in [5, 5.41) is 19.4. The maximum atomic E-state index is 12.6. The second-order valence-electron chi connectivity index (χ2n) is 3.17. The van der Waals surface area contributed by atoms with Gasteiger partial charge < -0.3 is 9.84 Å². The summed E-state index contributed by atoms with van der Waals surface area (Å²) >= 11 is 0. The highest BCUT2D eigenvalue weighted by atomic mass is 19.3. The van der Waals surface area contributed by atoms with Gasteiger partial charge in [-0.05, 0) is 0 Å². The first-order valence-electron chi connectivity index (χ1n) is 4.58. The number of nitro groups is 1. The molecule has 0 amide bonds. The van der Waals surface area contributed by atoms with E-state index in [2.05, 4.69) is 9.72 Å². The number of rotatable bonds is 5. The fourth-order valence-corrected chi connectivity index (χ4v) is 1.37. The van der Waals surface area contributed by atoms with E-state index in [1.54, 1.807) is 0 Å². The molecule has 1 heterocycles. The monoisotopic (exact) mass is 262 g/mol. The van der Waals surface area contributed by atoms with Crippen molar-refractivity contribution in [1.29, 1.82) is 0 Å². The normalized spacial score (nSPS) is 10.4. The molecule has 1 aromatic rings. The maximum Gasteiger partial charge on any atom is 0.333 e. The molecular formula is C9H8F2N2O5. The van der Waals surface area contributed by atoms with Gasteiger partial charge in [0.15, 0.2) is 0 Å². The molecular weight excluding hydrogens is 254 g/mol. The number of alkyl halides is 2. The number of hydrogen-bond donors (Lipinski definition) is 1. The number of methoxy groups -OCH3 is 1. The van der Waals surface area contributed by atoms with E-state index in [-0.39, 0.29) is 0 Å². The Labute approximate surface area is 99.2 Å². The first-order chi connectivity index (χ1) is 8.38. The van der Waals surface area contributed by atoms with Crippen LogP contribution in [0, 0.1) is 10.1 Å². The fourth-order valence-electron chi connectivity index (χ4n) is 1.37. The van der Waals surface area contributed by atoms with Gasteiger partial charge in [-0.25, -0.2) is 8.78 Å². The van der Waals surface area contributed by atoms with Gasteiger partial charge in [-0.2, -0.15) is 0 Å². The van der Waals surface area contributed by atoms with Gasteiger partial charge in [0.1, 0.15) is 5.69 Å². The lowest BCUT2D eigenvalue weighted by molar-refractivity contribution is -0.386. The number of carboxylic acids is 1. The van der Waals surface area contributed by atoms with Gasteiger partial charge in [-0.3, -0.25) is 19.9 Å². The van der Waals surface area contributed by atoms with E-state index in [1.165, 1.54) is 0 Å². The number of nitrogens with zero attached hydrogens (tertiary/aromatic N) is 2. The average Bonchev–Trinajstić information content (AvgIpc) is 2.26. The second kappa shape index (κ2) is 5.34. The Bertz CT molecular complexity index is 492. The van der Waals surface area contributed by atoms with Gasteiger partial charge >= 0.3 is 11.7 Å². The van der Waals surface area contributed by atoms with Crippen molar-refractivity contribution in [2.24, 2.45) is 0 Å². The van der Waals surface area contributed by atoms with Gasteiger partial charge in [0, 0.05) is 6.20 Å². The lowest BCUT2D eigenvalue weighted by Crippen LogP contribution is -2.09. The first kappa shape index (κ1) is 13.7. The van der Waals surface area contributed by atoms with Crippen LogP contribution in [-0.2, 0) is 11.2 Å². The van der Waals surface area contributed by atoms with Crippen LogP contribution in [0.25, 0.3) is 0 Å². The second-order valence-corrected chi connectivity index (χ2v) is 3.17. The Morgan fingerprint density at radius 2 is 2.28 bits per heavy atom. The van der Waals surface area contributed by atoms with Crippen molar-refractivity contribution in [3.63, 3.8) is 0 Å². The zero-order chi connectivity index (χ0) is 13.9. The summed E-state index contributed by atoms with van der Waals surface area (Å²) in [6.07, 6.45) is -3.09. The molecule has 98 valence electrons. The van der Waals surface area contributed by atoms with E-state index in [1.807, 2.05) is 0 Å². The Balaban J connectivity index is 3.48. The molecule has 9 heteroatoms. The van der Waals surface area contributed by atoms with E-state index in [9.17, 15) is 23.7 Å². The first-order valence-corrected chi connectivity index (χ1v) is 4.58. The fraction of sp³-hybridized carbons (Fsp3) is 0.333. The number of carbonyl (C=O) groups is 1. The molecule has 7 nitrogen and oxygen atoms in total. The van der Waals surface area contributed by atoms with E-state index in [4.69, 9.17) is 5.11 Å². The van der Waals surface area contributed by atoms with Crippen LogP contribution in [0.5, 0.6) is 5.75 Å². The summed E-state index contributed by atoms with van der Waals surface area (Å²) in [5.41, 5.74) is -2.04. The van der Waals surface area contributed by atoms with Crippen molar-refractivity contribution in [3.8, 4) is 5.75 Å². The predicted molar refractivity (Wildman–Crippen MR) is 53.7 cm³/mol. The highest BCUT2D eigenvalue weighted by molar-refractivity contribution is 5.72. The molecule has 0 aliphatic carbocycles. The van der Waals surface area contributed by atoms with E-state index < -0.39 is 46.4 Å². The van der Waals surface area contributed by atoms with Crippen molar-refractivity contribution in [3.05, 3.63) is 27.6 Å². The summed E-state index contributed by atoms with van der Waals surface area (Å²) in [7, 11) is 0.985. The number of aromatic nitrogens is 1. The van der Waals surface area contributed by atoms with Crippen LogP contribution in [0.4, 0.5) is 14.5 Å². The van der Waals surface area contributed by atoms with E-state index >= 15 is 0 Å². The molecule has 0 spiro atoms. The molecule has 0 fully saturated rings. The Kier molecular flexibility index (Phi) is 4.08. The molecule has 1 aromatic heterocycles. The number of halogens is 2. The third kappa shape index (κ3) is 2.67. The summed E-state index contributed by atoms with van der Waals surface area (Å²) in [5.74, 6) is -2.03. The Hall–Kier alpha value is -2.32. The van der Waals surface area contributed by atoms with Crippen LogP contribution < -0.4 is 4.74 Å². The van der Waals surface area contributed by atoms with Crippen LogP contribution in [-0.4, -0.2) is 28.1 Å². The minimum atomic E-state index is -3.01. The van der Waals surface area contributed by atoms with Crippen molar-refractivity contribution in [2.75, 3.05) is 7.11 Å². The largest absolute Gasteiger partial charge is 0.490 e. The van der Waals surface area contributed by atoms with Crippen LogP contribution >= 0.6 is 0 Å². The van der Waals surface area contributed by atoms with Gasteiger partial charge in [-0.1, -0.05) is 0 Å². The Morgan fingerprint density at radius 3 is 2.67 bits per heavy atom. The predicted octanol–water partition coefficient (Wildman–Crippen LogP) is 1.56. The van der Waals surface area contributed by atoms with E-state index in [0.717, 1.165) is 7.11 Å². The molecule has 0 saturated heterocycles. The standard InChI is InChI=1S/C9H8F2N2O5/c1-18-8-4(9(10)11)3-12-5(2-6(14)15)7(8)13(16)17/h3,9H,2H2,1H3,(H,14,15). The molecule has 0 saturated carbocycles. The SMILES string of the molecule is COc1c(C(F)F)cnc(CC(=O)O)c1[N+](=O)[O-]. The Morgan fingerprint density at radius 1 is 1.67 bits per heavy atom. The van der Waals surface area contributed by atoms with Crippen molar-refractivity contribution < 1.29 is 28.3 Å². The number of aliphatic carboxylic acids is 1. The number of ether oxygens (including phenoxy) is 1. The third-order valence-electron chi connectivity index (χ3n) is 2.05. The van der Waals surface area contributed by atoms with Crippen LogP contribution in [0.2, 0.25) is 0 Å². The van der Waals surface area contributed by atoms with Crippen LogP contribution in [0.15, 0.2) is 6.20 Å². The number of pyridine rings is 1. The van der Waals surface area contributed by atoms with Crippen molar-refractivity contribution in [2.45, 2.75) is 12.8 Å². The van der Waals surface area contributed by atoms with Gasteiger partial charge in [-0.15, -0.1) is 0 Å². The van der Waals surface area contributed by atoms with Crippen molar-refractivity contribution in [1.82, 2.24) is 4.98 Å². The maximum absolute atomic E-state index is 12.6. The van der Waals surface area contributed by atoms with Crippen LogP contribution in [0.3, 0.4) is 0 Å². The summed E-state index contributed by atoms with van der Waals surface area (Å²) in [6, 6.07) is 0.